The van der Waals surface area contributed by atoms with Crippen LogP contribution in [-0.2, 0) is 0 Å². The van der Waals surface area contributed by atoms with Crippen molar-refractivity contribution in [1.82, 2.24) is 19.4 Å². The molecule has 14 heavy (non-hydrogen) atoms. The summed E-state index contributed by atoms with van der Waals surface area (Å²) in [6.45, 7) is 4.14. The molecule has 2 aromatic heterocycles. The molecule has 5 nitrogen and oxygen atoms in total. The lowest BCUT2D eigenvalue weighted by Gasteiger charge is -2.02. The highest BCUT2D eigenvalue weighted by Crippen LogP contribution is 1.99. The number of hydrogen-bond donors (Lipinski definition) is 0. The third-order valence-electron chi connectivity index (χ3n) is 2.02. The van der Waals surface area contributed by atoms with E-state index in [0.717, 1.165) is 11.3 Å². The Morgan fingerprint density at radius 3 is 2.86 bits per heavy atom. The van der Waals surface area contributed by atoms with Crippen molar-refractivity contribution in [1.29, 1.82) is 0 Å². The molecule has 0 aromatic carbocycles. The van der Waals surface area contributed by atoms with Crippen LogP contribution in [0.2, 0.25) is 0 Å². The quantitative estimate of drug-likeness (QED) is 0.664. The van der Waals surface area contributed by atoms with E-state index < -0.39 is 0 Å². The maximum absolute atomic E-state index is 4.41. The van der Waals surface area contributed by atoms with Crippen molar-refractivity contribution < 1.29 is 0 Å². The number of fused-ring (bicyclic) bond motifs is 1. The van der Waals surface area contributed by atoms with Gasteiger partial charge < -0.3 is 0 Å². The Morgan fingerprint density at radius 1 is 1.43 bits per heavy atom. The van der Waals surface area contributed by atoms with Crippen LogP contribution in [0.25, 0.3) is 5.65 Å². The second-order valence-corrected chi connectivity index (χ2v) is 3.36. The van der Waals surface area contributed by atoms with Gasteiger partial charge in [-0.05, 0) is 26.0 Å². The summed E-state index contributed by atoms with van der Waals surface area (Å²) < 4.78 is 3.60. The molecule has 74 valence electrons. The molecule has 0 bridgehead atoms. The fourth-order valence-electron chi connectivity index (χ4n) is 1.39. The number of nitrogens with zero attached hydrogens (tertiary/aromatic N) is 5. The average molecular weight is 191 g/mol. The molecule has 0 radical (unpaired) electrons. The van der Waals surface area contributed by atoms with Crippen LogP contribution in [0, 0.1) is 0 Å². The molecule has 2 rings (SSSR count). The Labute approximate surface area is 81.7 Å². The van der Waals surface area contributed by atoms with Gasteiger partial charge in [-0.15, -0.1) is 5.10 Å². The fraction of sp³-hybridized carbons (Fsp3) is 0.444. The van der Waals surface area contributed by atoms with Crippen LogP contribution in [0.15, 0.2) is 23.3 Å². The Morgan fingerprint density at radius 2 is 2.21 bits per heavy atom. The van der Waals surface area contributed by atoms with Crippen LogP contribution in [0.3, 0.4) is 0 Å². The average Bonchev–Trinajstić information content (AvgIpc) is 2.56. The van der Waals surface area contributed by atoms with E-state index >= 15 is 0 Å². The van der Waals surface area contributed by atoms with Gasteiger partial charge in [0, 0.05) is 13.2 Å². The fourth-order valence-corrected chi connectivity index (χ4v) is 1.39. The Hall–Kier alpha value is -1.65. The van der Waals surface area contributed by atoms with Crippen molar-refractivity contribution in [2.24, 2.45) is 4.99 Å². The van der Waals surface area contributed by atoms with Gasteiger partial charge in [0.05, 0.1) is 6.04 Å². The van der Waals surface area contributed by atoms with Crippen LogP contribution in [-0.4, -0.2) is 26.4 Å². The van der Waals surface area contributed by atoms with Gasteiger partial charge >= 0.3 is 0 Å². The molecule has 0 aliphatic carbocycles. The summed E-state index contributed by atoms with van der Waals surface area (Å²) in [6.07, 6.45) is 1.73. The van der Waals surface area contributed by atoms with Gasteiger partial charge in [-0.1, -0.05) is 0 Å². The van der Waals surface area contributed by atoms with E-state index in [4.69, 9.17) is 0 Å². The smallest absolute Gasteiger partial charge is 0.244 e. The van der Waals surface area contributed by atoms with E-state index in [-0.39, 0.29) is 6.04 Å². The summed E-state index contributed by atoms with van der Waals surface area (Å²) in [6, 6.07) is 4.07. The summed E-state index contributed by atoms with van der Waals surface area (Å²) in [5.41, 5.74) is 1.59. The van der Waals surface area contributed by atoms with Crippen molar-refractivity contribution >= 4 is 5.65 Å². The Kier molecular flexibility index (Phi) is 2.07. The van der Waals surface area contributed by atoms with Crippen molar-refractivity contribution in [3.63, 3.8) is 0 Å². The molecular formula is C9H13N5. The standard InChI is InChI=1S/C9H13N5/c1-7(2)13-9(10-3)14-8(12-13)5-4-6-11-14/h4-7H,1-3H3. The normalized spacial score (nSPS) is 13.0. The monoisotopic (exact) mass is 191 g/mol. The molecule has 0 aliphatic rings. The van der Waals surface area contributed by atoms with Crippen LogP contribution < -0.4 is 5.62 Å². The van der Waals surface area contributed by atoms with Crippen molar-refractivity contribution in [2.45, 2.75) is 19.9 Å². The second-order valence-electron chi connectivity index (χ2n) is 3.36. The van der Waals surface area contributed by atoms with E-state index in [9.17, 15) is 0 Å². The lowest BCUT2D eigenvalue weighted by molar-refractivity contribution is 0.501. The number of hydrogen-bond acceptors (Lipinski definition) is 3. The molecule has 5 heteroatoms. The molecule has 0 unspecified atom stereocenters. The Balaban J connectivity index is 2.87. The largest absolute Gasteiger partial charge is 0.253 e. The molecule has 0 spiro atoms. The highest BCUT2D eigenvalue weighted by atomic mass is 15.4. The second kappa shape index (κ2) is 3.25. The molecule has 2 aromatic rings. The van der Waals surface area contributed by atoms with Crippen molar-refractivity contribution in [2.75, 3.05) is 7.05 Å². The first-order valence-corrected chi connectivity index (χ1v) is 4.59. The first-order valence-electron chi connectivity index (χ1n) is 4.59. The summed E-state index contributed by atoms with van der Waals surface area (Å²) >= 11 is 0. The number of rotatable bonds is 1. The third kappa shape index (κ3) is 1.21. The summed E-state index contributed by atoms with van der Waals surface area (Å²) in [7, 11) is 1.75. The zero-order valence-corrected chi connectivity index (χ0v) is 8.55. The molecule has 0 fully saturated rings. The van der Waals surface area contributed by atoms with Gasteiger partial charge in [-0.2, -0.15) is 9.61 Å². The molecule has 0 amide bonds. The maximum Gasteiger partial charge on any atom is 0.244 e. The van der Waals surface area contributed by atoms with Crippen LogP contribution in [0.5, 0.6) is 0 Å². The molecule has 0 aliphatic heterocycles. The SMILES string of the molecule is CN=c1n(C(C)C)nc2cccnn12. The zero-order chi connectivity index (χ0) is 10.1. The van der Waals surface area contributed by atoms with Crippen molar-refractivity contribution in [3.8, 4) is 0 Å². The minimum absolute atomic E-state index is 0.287. The van der Waals surface area contributed by atoms with E-state index in [1.165, 1.54) is 0 Å². The minimum atomic E-state index is 0.287. The van der Waals surface area contributed by atoms with Crippen LogP contribution in [0.1, 0.15) is 19.9 Å². The lowest BCUT2D eigenvalue weighted by atomic mass is 10.4. The van der Waals surface area contributed by atoms with Gasteiger partial charge in [0.2, 0.25) is 5.62 Å². The Bertz CT molecular complexity index is 505. The predicted octanol–water partition coefficient (Wildman–Crippen LogP) is 0.642. The maximum atomic E-state index is 4.41. The predicted molar refractivity (Wildman–Crippen MR) is 52.8 cm³/mol. The molecule has 2 heterocycles. The van der Waals surface area contributed by atoms with Gasteiger partial charge in [-0.25, -0.2) is 4.68 Å². The van der Waals surface area contributed by atoms with Crippen LogP contribution in [0.4, 0.5) is 0 Å². The number of aromatic nitrogens is 4. The molecule has 0 saturated carbocycles. The zero-order valence-electron chi connectivity index (χ0n) is 8.55. The van der Waals surface area contributed by atoms with Gasteiger partial charge in [-0.3, -0.25) is 4.99 Å². The molecular weight excluding hydrogens is 178 g/mol. The van der Waals surface area contributed by atoms with Gasteiger partial charge in [0.25, 0.3) is 0 Å². The molecule has 0 atom stereocenters. The van der Waals surface area contributed by atoms with Gasteiger partial charge in [0.1, 0.15) is 0 Å². The highest BCUT2D eigenvalue weighted by Gasteiger charge is 2.06. The lowest BCUT2D eigenvalue weighted by Crippen LogP contribution is -2.25. The van der Waals surface area contributed by atoms with E-state index in [1.807, 2.05) is 16.8 Å². The van der Waals surface area contributed by atoms with Crippen LogP contribution >= 0.6 is 0 Å². The van der Waals surface area contributed by atoms with E-state index in [1.54, 1.807) is 17.8 Å². The molecule has 0 N–H and O–H groups in total. The summed E-state index contributed by atoms with van der Waals surface area (Å²) in [4.78, 5) is 4.18. The van der Waals surface area contributed by atoms with E-state index in [0.29, 0.717) is 0 Å². The highest BCUT2D eigenvalue weighted by molar-refractivity contribution is 5.33. The van der Waals surface area contributed by atoms with Gasteiger partial charge in [0.15, 0.2) is 5.65 Å². The molecule has 0 saturated heterocycles. The summed E-state index contributed by atoms with van der Waals surface area (Å²) in [5.74, 6) is 0. The first kappa shape index (κ1) is 8.93. The minimum Gasteiger partial charge on any atom is -0.253 e. The topological polar surface area (TPSA) is 47.5 Å². The van der Waals surface area contributed by atoms with E-state index in [2.05, 4.69) is 29.0 Å². The summed E-state index contributed by atoms with van der Waals surface area (Å²) in [5, 5.41) is 8.60. The third-order valence-corrected chi connectivity index (χ3v) is 2.02. The first-order chi connectivity index (χ1) is 6.74. The van der Waals surface area contributed by atoms with Crippen molar-refractivity contribution in [3.05, 3.63) is 23.9 Å².